The third-order valence-corrected chi connectivity index (χ3v) is 5.66. The van der Waals surface area contributed by atoms with Gasteiger partial charge in [-0.15, -0.1) is 10.2 Å². The summed E-state index contributed by atoms with van der Waals surface area (Å²) in [6.07, 6.45) is 0. The third kappa shape index (κ3) is 5.00. The van der Waals surface area contributed by atoms with Gasteiger partial charge in [0.1, 0.15) is 5.75 Å². The van der Waals surface area contributed by atoms with Crippen LogP contribution in [0.3, 0.4) is 0 Å². The maximum atomic E-state index is 12.6. The molecule has 2 aromatic carbocycles. The minimum absolute atomic E-state index is 0.204. The molecular weight excluding hydrogens is 437 g/mol. The Balaban J connectivity index is 1.35. The van der Waals surface area contributed by atoms with Crippen molar-refractivity contribution < 1.29 is 9.53 Å². The molecule has 1 saturated heterocycles. The number of carbonyl (C=O) groups is 1. The van der Waals surface area contributed by atoms with Crippen molar-refractivity contribution in [3.8, 4) is 17.0 Å². The molecule has 1 aliphatic rings. The number of hydrogen-bond acceptors (Lipinski definition) is 5. The van der Waals surface area contributed by atoms with E-state index in [1.165, 1.54) is 0 Å². The lowest BCUT2D eigenvalue weighted by atomic mass is 10.1. The summed E-state index contributed by atoms with van der Waals surface area (Å²) in [5, 5.41) is 12.5. The highest BCUT2D eigenvalue weighted by Crippen LogP contribution is 2.26. The van der Waals surface area contributed by atoms with Gasteiger partial charge in [0.05, 0.1) is 23.5 Å². The summed E-state index contributed by atoms with van der Waals surface area (Å²) in [6, 6.07) is 16.4. The van der Waals surface area contributed by atoms with E-state index in [-0.39, 0.29) is 6.03 Å². The number of hydrogen-bond donors (Lipinski definition) is 1. The van der Waals surface area contributed by atoms with Gasteiger partial charge in [-0.05, 0) is 54.6 Å². The summed E-state index contributed by atoms with van der Waals surface area (Å²) in [5.74, 6) is 1.59. The standard InChI is InChI=1S/C22H21Cl2N5O2/c1-31-17-5-2-15(3-6-17)19-8-9-21(27-26-19)28-10-12-29(13-11-28)22(30)25-20-14-16(23)4-7-18(20)24/h2-9,14H,10-13H2,1H3,(H,25,30). The predicted octanol–water partition coefficient (Wildman–Crippen LogP) is 4.81. The highest BCUT2D eigenvalue weighted by molar-refractivity contribution is 6.35. The van der Waals surface area contributed by atoms with E-state index in [2.05, 4.69) is 20.4 Å². The molecule has 3 aromatic rings. The van der Waals surface area contributed by atoms with E-state index < -0.39 is 0 Å². The first-order valence-corrected chi connectivity index (χ1v) is 10.5. The van der Waals surface area contributed by atoms with Gasteiger partial charge < -0.3 is 19.9 Å². The average Bonchev–Trinajstić information content (AvgIpc) is 2.82. The fraction of sp³-hybridized carbons (Fsp3) is 0.227. The molecule has 2 amide bonds. The van der Waals surface area contributed by atoms with Crippen LogP contribution in [0.15, 0.2) is 54.6 Å². The van der Waals surface area contributed by atoms with Crippen LogP contribution in [0.4, 0.5) is 16.3 Å². The Morgan fingerprint density at radius 2 is 1.71 bits per heavy atom. The first-order chi connectivity index (χ1) is 15.0. The number of ether oxygens (including phenoxy) is 1. The van der Waals surface area contributed by atoms with Gasteiger partial charge in [0.15, 0.2) is 5.82 Å². The van der Waals surface area contributed by atoms with Crippen LogP contribution >= 0.6 is 23.2 Å². The number of nitrogens with zero attached hydrogens (tertiary/aromatic N) is 4. The van der Waals surface area contributed by atoms with Crippen LogP contribution in [-0.2, 0) is 0 Å². The summed E-state index contributed by atoms with van der Waals surface area (Å²) in [5.41, 5.74) is 2.27. The van der Waals surface area contributed by atoms with Crippen LogP contribution in [-0.4, -0.2) is 54.4 Å². The first-order valence-electron chi connectivity index (χ1n) is 9.77. The van der Waals surface area contributed by atoms with E-state index in [4.69, 9.17) is 27.9 Å². The Morgan fingerprint density at radius 1 is 0.968 bits per heavy atom. The van der Waals surface area contributed by atoms with Gasteiger partial charge in [-0.1, -0.05) is 23.2 Å². The minimum Gasteiger partial charge on any atom is -0.497 e. The highest BCUT2D eigenvalue weighted by Gasteiger charge is 2.22. The summed E-state index contributed by atoms with van der Waals surface area (Å²) in [6.45, 7) is 2.44. The van der Waals surface area contributed by atoms with Crippen LogP contribution < -0.4 is 15.0 Å². The van der Waals surface area contributed by atoms with E-state index in [1.807, 2.05) is 36.4 Å². The Kier molecular flexibility index (Phi) is 6.44. The fourth-order valence-electron chi connectivity index (χ4n) is 3.34. The second-order valence-corrected chi connectivity index (χ2v) is 7.88. The van der Waals surface area contributed by atoms with Crippen molar-refractivity contribution in [3.63, 3.8) is 0 Å². The number of methoxy groups -OCH3 is 1. The van der Waals surface area contributed by atoms with E-state index >= 15 is 0 Å². The molecule has 0 atom stereocenters. The van der Waals surface area contributed by atoms with Gasteiger partial charge in [0, 0.05) is 36.8 Å². The van der Waals surface area contributed by atoms with Gasteiger partial charge in [-0.25, -0.2) is 4.79 Å². The Hall–Kier alpha value is -3.03. The van der Waals surface area contributed by atoms with Crippen LogP contribution in [0.25, 0.3) is 11.3 Å². The van der Waals surface area contributed by atoms with Crippen LogP contribution in [0.5, 0.6) is 5.75 Å². The number of aromatic nitrogens is 2. The van der Waals surface area contributed by atoms with Gasteiger partial charge in [-0.2, -0.15) is 0 Å². The molecule has 0 spiro atoms. The van der Waals surface area contributed by atoms with Gasteiger partial charge >= 0.3 is 6.03 Å². The molecule has 1 N–H and O–H groups in total. The third-order valence-electron chi connectivity index (χ3n) is 5.10. The fourth-order valence-corrected chi connectivity index (χ4v) is 3.67. The van der Waals surface area contributed by atoms with Crippen molar-refractivity contribution >= 4 is 40.7 Å². The van der Waals surface area contributed by atoms with Gasteiger partial charge in [0.2, 0.25) is 0 Å². The SMILES string of the molecule is COc1ccc(-c2ccc(N3CCN(C(=O)Nc4cc(Cl)ccc4Cl)CC3)nn2)cc1. The molecule has 1 aliphatic heterocycles. The molecule has 0 unspecified atom stereocenters. The zero-order valence-corrected chi connectivity index (χ0v) is 18.4. The number of carbonyl (C=O) groups excluding carboxylic acids is 1. The van der Waals surface area contributed by atoms with Gasteiger partial charge in [-0.3, -0.25) is 0 Å². The summed E-state index contributed by atoms with van der Waals surface area (Å²) in [7, 11) is 1.64. The van der Waals surface area contributed by atoms with Crippen LogP contribution in [0.1, 0.15) is 0 Å². The Bertz CT molecular complexity index is 1050. The van der Waals surface area contributed by atoms with Crippen molar-refractivity contribution in [2.45, 2.75) is 0 Å². The number of urea groups is 1. The minimum atomic E-state index is -0.204. The average molecular weight is 458 g/mol. The summed E-state index contributed by atoms with van der Waals surface area (Å²) >= 11 is 12.1. The topological polar surface area (TPSA) is 70.6 Å². The molecule has 1 fully saturated rings. The molecule has 160 valence electrons. The quantitative estimate of drug-likeness (QED) is 0.608. The monoisotopic (exact) mass is 457 g/mol. The van der Waals surface area contributed by atoms with Crippen molar-refractivity contribution in [2.24, 2.45) is 0 Å². The molecular formula is C22H21Cl2N5O2. The molecule has 1 aromatic heterocycles. The number of rotatable bonds is 4. The van der Waals surface area contributed by atoms with Crippen molar-refractivity contribution in [1.82, 2.24) is 15.1 Å². The van der Waals surface area contributed by atoms with Crippen molar-refractivity contribution in [2.75, 3.05) is 43.5 Å². The Labute approximate surface area is 190 Å². The van der Waals surface area contributed by atoms with E-state index in [0.717, 1.165) is 22.8 Å². The number of amides is 2. The number of nitrogens with one attached hydrogen (secondary N) is 1. The molecule has 0 saturated carbocycles. The number of halogens is 2. The van der Waals surface area contributed by atoms with E-state index in [9.17, 15) is 4.79 Å². The second-order valence-electron chi connectivity index (χ2n) is 7.03. The van der Waals surface area contributed by atoms with Crippen molar-refractivity contribution in [1.29, 1.82) is 0 Å². The van der Waals surface area contributed by atoms with Crippen LogP contribution in [0, 0.1) is 0 Å². The smallest absolute Gasteiger partial charge is 0.322 e. The lowest BCUT2D eigenvalue weighted by molar-refractivity contribution is 0.208. The molecule has 0 aliphatic carbocycles. The number of piperazine rings is 1. The Morgan fingerprint density at radius 3 is 2.35 bits per heavy atom. The highest BCUT2D eigenvalue weighted by atomic mass is 35.5. The largest absolute Gasteiger partial charge is 0.497 e. The normalized spacial score (nSPS) is 13.8. The lowest BCUT2D eigenvalue weighted by Crippen LogP contribution is -2.50. The number of anilines is 2. The number of benzene rings is 2. The summed E-state index contributed by atoms with van der Waals surface area (Å²) in [4.78, 5) is 16.4. The molecule has 2 heterocycles. The first kappa shape index (κ1) is 21.2. The second kappa shape index (κ2) is 9.41. The van der Waals surface area contributed by atoms with Gasteiger partial charge in [0.25, 0.3) is 0 Å². The molecule has 31 heavy (non-hydrogen) atoms. The molecule has 9 heteroatoms. The summed E-state index contributed by atoms with van der Waals surface area (Å²) < 4.78 is 5.19. The maximum absolute atomic E-state index is 12.6. The van der Waals surface area contributed by atoms with E-state index in [1.54, 1.807) is 30.2 Å². The predicted molar refractivity (Wildman–Crippen MR) is 123 cm³/mol. The molecule has 0 radical (unpaired) electrons. The zero-order chi connectivity index (χ0) is 21.8. The van der Waals surface area contributed by atoms with Crippen LogP contribution in [0.2, 0.25) is 10.0 Å². The van der Waals surface area contributed by atoms with Crippen molar-refractivity contribution in [3.05, 3.63) is 64.6 Å². The molecule has 7 nitrogen and oxygen atoms in total. The van der Waals surface area contributed by atoms with E-state index in [0.29, 0.717) is 41.9 Å². The molecule has 0 bridgehead atoms. The zero-order valence-electron chi connectivity index (χ0n) is 16.9. The lowest BCUT2D eigenvalue weighted by Gasteiger charge is -2.35. The maximum Gasteiger partial charge on any atom is 0.322 e. The molecule has 4 rings (SSSR count).